The maximum absolute atomic E-state index is 13.8. The van der Waals surface area contributed by atoms with Gasteiger partial charge in [-0.25, -0.2) is 8.78 Å². The van der Waals surface area contributed by atoms with E-state index < -0.39 is 41.1 Å². The van der Waals surface area contributed by atoms with Gasteiger partial charge in [0.25, 0.3) is 11.7 Å². The van der Waals surface area contributed by atoms with E-state index in [9.17, 15) is 28.3 Å². The average Bonchev–Trinajstić information content (AvgIpc) is 2.93. The minimum absolute atomic E-state index is 0.0712. The second-order valence-electron chi connectivity index (χ2n) is 6.55. The van der Waals surface area contributed by atoms with Gasteiger partial charge in [0, 0.05) is 18.5 Å². The van der Waals surface area contributed by atoms with Crippen LogP contribution in [0.1, 0.15) is 30.0 Å². The highest BCUT2D eigenvalue weighted by Gasteiger charge is 2.45. The van der Waals surface area contributed by atoms with E-state index >= 15 is 0 Å². The minimum atomic E-state index is -1.09. The van der Waals surface area contributed by atoms with Gasteiger partial charge in [-0.2, -0.15) is 0 Å². The molecule has 1 unspecified atom stereocenters. The number of hydrogen-bond donors (Lipinski definition) is 2. The SMILES string of the molecule is O=C(O)CCCN1C(=O)C(=O)/C(=C(\O)c2ccc(F)cc2)C1c1cccc(F)c1. The van der Waals surface area contributed by atoms with Crippen molar-refractivity contribution in [3.8, 4) is 0 Å². The Morgan fingerprint density at radius 1 is 1.00 bits per heavy atom. The summed E-state index contributed by atoms with van der Waals surface area (Å²) in [5, 5.41) is 19.5. The maximum atomic E-state index is 13.8. The lowest BCUT2D eigenvalue weighted by Crippen LogP contribution is -2.31. The van der Waals surface area contributed by atoms with Crippen LogP contribution in [0, 0.1) is 11.6 Å². The number of carboxylic acids is 1. The summed E-state index contributed by atoms with van der Waals surface area (Å²) in [5.41, 5.74) is 0.113. The molecule has 1 aliphatic rings. The standard InChI is InChI=1S/C21H17F2NO5/c22-14-8-6-12(7-9-14)19(27)17-18(13-3-1-4-15(23)11-13)24(21(29)20(17)28)10-2-5-16(25)26/h1,3-4,6-9,11,18,27H,2,5,10H2,(H,25,26)/b19-17-. The Morgan fingerprint density at radius 3 is 2.31 bits per heavy atom. The van der Waals surface area contributed by atoms with Crippen molar-refractivity contribution in [3.63, 3.8) is 0 Å². The number of nitrogens with zero attached hydrogens (tertiary/aromatic N) is 1. The Hall–Kier alpha value is -3.55. The van der Waals surface area contributed by atoms with Gasteiger partial charge in [0.05, 0.1) is 11.6 Å². The minimum Gasteiger partial charge on any atom is -0.507 e. The summed E-state index contributed by atoms with van der Waals surface area (Å²) in [5.74, 6) is -4.61. The molecule has 2 aromatic carbocycles. The highest BCUT2D eigenvalue weighted by Crippen LogP contribution is 2.39. The lowest BCUT2D eigenvalue weighted by atomic mass is 9.95. The van der Waals surface area contributed by atoms with Crippen LogP contribution < -0.4 is 0 Å². The third kappa shape index (κ3) is 4.16. The van der Waals surface area contributed by atoms with Crippen LogP contribution >= 0.6 is 0 Å². The number of benzene rings is 2. The number of aliphatic carboxylic acids is 1. The second-order valence-corrected chi connectivity index (χ2v) is 6.55. The molecule has 0 radical (unpaired) electrons. The summed E-state index contributed by atoms with van der Waals surface area (Å²) in [7, 11) is 0. The number of rotatable bonds is 6. The Morgan fingerprint density at radius 2 is 1.69 bits per heavy atom. The lowest BCUT2D eigenvalue weighted by Gasteiger charge is -2.25. The third-order valence-corrected chi connectivity index (χ3v) is 4.61. The number of likely N-dealkylation sites (tertiary alicyclic amines) is 1. The van der Waals surface area contributed by atoms with Gasteiger partial charge in [-0.15, -0.1) is 0 Å². The lowest BCUT2D eigenvalue weighted by molar-refractivity contribution is -0.140. The molecule has 0 aromatic heterocycles. The number of carboxylic acid groups (broad SMARTS) is 1. The molecule has 0 bridgehead atoms. The van der Waals surface area contributed by atoms with E-state index in [4.69, 9.17) is 5.11 Å². The Kier molecular flexibility index (Phi) is 5.72. The highest BCUT2D eigenvalue weighted by molar-refractivity contribution is 6.46. The number of hydrogen-bond acceptors (Lipinski definition) is 4. The van der Waals surface area contributed by atoms with Crippen molar-refractivity contribution in [3.05, 3.63) is 76.9 Å². The van der Waals surface area contributed by atoms with Crippen molar-refractivity contribution in [1.29, 1.82) is 0 Å². The van der Waals surface area contributed by atoms with Gasteiger partial charge in [-0.1, -0.05) is 12.1 Å². The summed E-state index contributed by atoms with van der Waals surface area (Å²) >= 11 is 0. The van der Waals surface area contributed by atoms with Crippen molar-refractivity contribution in [2.75, 3.05) is 6.54 Å². The summed E-state index contributed by atoms with van der Waals surface area (Å²) in [4.78, 5) is 37.2. The number of aliphatic hydroxyl groups is 1. The van der Waals surface area contributed by atoms with Gasteiger partial charge in [-0.3, -0.25) is 14.4 Å². The fourth-order valence-electron chi connectivity index (χ4n) is 3.30. The number of aliphatic hydroxyl groups excluding tert-OH is 1. The molecule has 1 aliphatic heterocycles. The van der Waals surface area contributed by atoms with E-state index in [0.717, 1.165) is 23.1 Å². The molecule has 6 nitrogen and oxygen atoms in total. The fourth-order valence-corrected chi connectivity index (χ4v) is 3.30. The molecule has 150 valence electrons. The van der Waals surface area contributed by atoms with Crippen molar-refractivity contribution in [2.24, 2.45) is 0 Å². The summed E-state index contributed by atoms with van der Waals surface area (Å²) in [6.07, 6.45) is -0.151. The zero-order valence-corrected chi connectivity index (χ0v) is 15.1. The molecule has 1 atom stereocenters. The first kappa shape index (κ1) is 20.2. The molecule has 8 heteroatoms. The van der Waals surface area contributed by atoms with Gasteiger partial charge < -0.3 is 15.1 Å². The van der Waals surface area contributed by atoms with Crippen molar-refractivity contribution < 1.29 is 33.4 Å². The molecule has 1 fully saturated rings. The van der Waals surface area contributed by atoms with Crippen molar-refractivity contribution >= 4 is 23.4 Å². The van der Waals surface area contributed by atoms with Crippen LogP contribution in [0.15, 0.2) is 54.1 Å². The van der Waals surface area contributed by atoms with E-state index in [0.29, 0.717) is 0 Å². The van der Waals surface area contributed by atoms with Gasteiger partial charge in [0.1, 0.15) is 17.4 Å². The zero-order valence-electron chi connectivity index (χ0n) is 15.1. The van der Waals surface area contributed by atoms with Crippen molar-refractivity contribution in [1.82, 2.24) is 4.90 Å². The van der Waals surface area contributed by atoms with E-state index in [-0.39, 0.29) is 36.1 Å². The smallest absolute Gasteiger partial charge is 0.303 e. The quantitative estimate of drug-likeness (QED) is 0.440. The van der Waals surface area contributed by atoms with Gasteiger partial charge in [0.2, 0.25) is 0 Å². The molecule has 29 heavy (non-hydrogen) atoms. The Labute approximate surface area is 164 Å². The Bertz CT molecular complexity index is 1000. The first-order chi connectivity index (χ1) is 13.8. The van der Waals surface area contributed by atoms with Crippen LogP contribution in [0.25, 0.3) is 5.76 Å². The van der Waals surface area contributed by atoms with E-state index in [2.05, 4.69) is 0 Å². The highest BCUT2D eigenvalue weighted by atomic mass is 19.1. The zero-order chi connectivity index (χ0) is 21.1. The molecule has 0 aliphatic carbocycles. The molecule has 1 heterocycles. The number of amides is 1. The number of carbonyl (C=O) groups excluding carboxylic acids is 2. The van der Waals surface area contributed by atoms with Crippen LogP contribution in [0.4, 0.5) is 8.78 Å². The predicted octanol–water partition coefficient (Wildman–Crippen LogP) is 3.25. The van der Waals surface area contributed by atoms with Crippen LogP contribution in [0.3, 0.4) is 0 Å². The van der Waals surface area contributed by atoms with E-state index in [1.807, 2.05) is 0 Å². The largest absolute Gasteiger partial charge is 0.507 e. The average molecular weight is 401 g/mol. The summed E-state index contributed by atoms with van der Waals surface area (Å²) in [6.45, 7) is -0.0712. The number of halogens is 2. The first-order valence-corrected chi connectivity index (χ1v) is 8.81. The van der Waals surface area contributed by atoms with Gasteiger partial charge in [-0.05, 0) is 48.4 Å². The molecule has 1 amide bonds. The van der Waals surface area contributed by atoms with E-state index in [1.54, 1.807) is 0 Å². The van der Waals surface area contributed by atoms with Crippen LogP contribution in [-0.4, -0.2) is 39.3 Å². The monoisotopic (exact) mass is 401 g/mol. The van der Waals surface area contributed by atoms with Gasteiger partial charge in [0.15, 0.2) is 0 Å². The second kappa shape index (κ2) is 8.22. The fraction of sp³-hybridized carbons (Fsp3) is 0.190. The number of carbonyl (C=O) groups is 3. The predicted molar refractivity (Wildman–Crippen MR) is 98.7 cm³/mol. The molecular weight excluding hydrogens is 384 g/mol. The number of Topliss-reactive ketones (excluding diaryl/α,β-unsaturated/α-hetero) is 1. The molecule has 2 N–H and O–H groups in total. The van der Waals surface area contributed by atoms with Gasteiger partial charge >= 0.3 is 5.97 Å². The molecule has 1 saturated heterocycles. The molecular formula is C21H17F2NO5. The van der Waals surface area contributed by atoms with Crippen LogP contribution in [0.2, 0.25) is 0 Å². The molecule has 2 aromatic rings. The molecule has 3 rings (SSSR count). The van der Waals surface area contributed by atoms with E-state index in [1.165, 1.54) is 30.3 Å². The van der Waals surface area contributed by atoms with Crippen LogP contribution in [0.5, 0.6) is 0 Å². The first-order valence-electron chi connectivity index (χ1n) is 8.81. The summed E-state index contributed by atoms with van der Waals surface area (Å²) in [6, 6.07) is 8.84. The normalized spacial score (nSPS) is 18.3. The maximum Gasteiger partial charge on any atom is 0.303 e. The Balaban J connectivity index is 2.10. The third-order valence-electron chi connectivity index (χ3n) is 4.61. The molecule has 0 spiro atoms. The molecule has 0 saturated carbocycles. The topological polar surface area (TPSA) is 94.9 Å². The van der Waals surface area contributed by atoms with Crippen molar-refractivity contribution in [2.45, 2.75) is 18.9 Å². The number of ketones is 1. The summed E-state index contributed by atoms with van der Waals surface area (Å²) < 4.78 is 27.0. The van der Waals surface area contributed by atoms with Crippen LogP contribution in [-0.2, 0) is 14.4 Å².